The van der Waals surface area contributed by atoms with Crippen molar-refractivity contribution in [3.05, 3.63) is 65.2 Å². The van der Waals surface area contributed by atoms with Gasteiger partial charge in [-0.3, -0.25) is 4.79 Å². The van der Waals surface area contributed by atoms with Gasteiger partial charge in [0.1, 0.15) is 0 Å². The second kappa shape index (κ2) is 7.59. The minimum Gasteiger partial charge on any atom is -0.392 e. The quantitative estimate of drug-likeness (QED) is 0.838. The highest BCUT2D eigenvalue weighted by atomic mass is 32.2. The van der Waals surface area contributed by atoms with Crippen LogP contribution in [-0.4, -0.2) is 32.1 Å². The first-order valence-corrected chi connectivity index (χ1v) is 9.28. The monoisotopic (exact) mass is 347 g/mol. The number of hydrogen-bond donors (Lipinski definition) is 2. The lowest BCUT2D eigenvalue weighted by Gasteiger charge is -2.08. The highest BCUT2D eigenvalue weighted by Gasteiger charge is 2.15. The molecule has 0 radical (unpaired) electrons. The molecule has 0 spiro atoms. The van der Waals surface area contributed by atoms with E-state index in [2.05, 4.69) is 5.32 Å². The largest absolute Gasteiger partial charge is 0.392 e. The fourth-order valence-electron chi connectivity index (χ4n) is 2.14. The third-order valence-electron chi connectivity index (χ3n) is 3.51. The Morgan fingerprint density at radius 3 is 2.21 bits per heavy atom. The zero-order valence-electron chi connectivity index (χ0n) is 13.7. The van der Waals surface area contributed by atoms with E-state index in [1.165, 1.54) is 0 Å². The molecular weight excluding hydrogens is 326 g/mol. The normalized spacial score (nSPS) is 12.6. The van der Waals surface area contributed by atoms with E-state index in [-0.39, 0.29) is 23.1 Å². The average molecular weight is 347 g/mol. The Morgan fingerprint density at radius 2 is 1.67 bits per heavy atom. The van der Waals surface area contributed by atoms with Gasteiger partial charge in [0.25, 0.3) is 5.91 Å². The Kier molecular flexibility index (Phi) is 5.75. The van der Waals surface area contributed by atoms with E-state index in [9.17, 15) is 13.2 Å². The Hall–Kier alpha value is -2.18. The van der Waals surface area contributed by atoms with E-state index >= 15 is 0 Å². The summed E-state index contributed by atoms with van der Waals surface area (Å²) in [7, 11) is -3.42. The highest BCUT2D eigenvalue weighted by Crippen LogP contribution is 2.17. The summed E-state index contributed by atoms with van der Waals surface area (Å²) in [5, 5.41) is 11.8. The van der Waals surface area contributed by atoms with Gasteiger partial charge in [-0.25, -0.2) is 8.42 Å². The molecule has 0 aromatic heterocycles. The number of aliphatic hydroxyl groups is 1. The number of aryl methyl sites for hydroxylation is 1. The third-order valence-corrected chi connectivity index (χ3v) is 5.21. The number of hydrogen-bond acceptors (Lipinski definition) is 4. The smallest absolute Gasteiger partial charge is 0.251 e. The number of rotatable bonds is 6. The summed E-state index contributed by atoms with van der Waals surface area (Å²) in [6, 6.07) is 13.1. The van der Waals surface area contributed by atoms with Crippen LogP contribution in [0.3, 0.4) is 0 Å². The predicted octanol–water partition coefficient (Wildman–Crippen LogP) is 2.08. The van der Waals surface area contributed by atoms with Crippen LogP contribution >= 0.6 is 0 Å². The first-order chi connectivity index (χ1) is 11.3. The molecule has 2 aromatic rings. The van der Waals surface area contributed by atoms with Crippen LogP contribution in [0, 0.1) is 6.92 Å². The summed E-state index contributed by atoms with van der Waals surface area (Å²) in [5.74, 6) is -0.421. The minimum atomic E-state index is -3.42. The number of benzene rings is 2. The first kappa shape index (κ1) is 18.2. The van der Waals surface area contributed by atoms with Gasteiger partial charge in [-0.2, -0.15) is 0 Å². The van der Waals surface area contributed by atoms with Gasteiger partial charge in [0.2, 0.25) is 0 Å². The topological polar surface area (TPSA) is 83.5 Å². The van der Waals surface area contributed by atoms with Gasteiger partial charge in [-0.05, 0) is 43.7 Å². The summed E-state index contributed by atoms with van der Waals surface area (Å²) in [5.41, 5.74) is 2.04. The number of amides is 1. The van der Waals surface area contributed by atoms with Crippen LogP contribution < -0.4 is 5.32 Å². The van der Waals surface area contributed by atoms with Crippen molar-refractivity contribution in [2.45, 2.75) is 30.6 Å². The number of nitrogens with one attached hydrogen (secondary N) is 1. The molecule has 0 saturated heterocycles. The Morgan fingerprint density at radius 1 is 1.08 bits per heavy atom. The zero-order valence-corrected chi connectivity index (χ0v) is 14.5. The molecule has 2 rings (SSSR count). The molecule has 0 saturated carbocycles. The number of carbonyl (C=O) groups is 1. The van der Waals surface area contributed by atoms with Crippen molar-refractivity contribution in [1.29, 1.82) is 0 Å². The van der Waals surface area contributed by atoms with E-state index in [1.54, 1.807) is 55.5 Å². The van der Waals surface area contributed by atoms with Crippen LogP contribution in [0.2, 0.25) is 0 Å². The molecule has 5 nitrogen and oxygen atoms in total. The van der Waals surface area contributed by atoms with Crippen molar-refractivity contribution in [3.63, 3.8) is 0 Å². The Bertz CT molecular complexity index is 794. The van der Waals surface area contributed by atoms with Crippen molar-refractivity contribution in [2.75, 3.05) is 6.54 Å². The molecule has 128 valence electrons. The van der Waals surface area contributed by atoms with Crippen molar-refractivity contribution in [1.82, 2.24) is 5.32 Å². The summed E-state index contributed by atoms with van der Waals surface area (Å²) in [4.78, 5) is 12.1. The Labute approximate surface area is 142 Å². The standard InChI is InChI=1S/C18H21NO4S/c1-13-3-9-17(10-4-13)24(22,23)12-15-5-7-16(8-6-15)18(21)19-11-14(2)20/h3-10,14,20H,11-12H2,1-2H3,(H,19,21). The van der Waals surface area contributed by atoms with Crippen LogP contribution in [0.5, 0.6) is 0 Å². The van der Waals surface area contributed by atoms with E-state index < -0.39 is 15.9 Å². The molecule has 1 unspecified atom stereocenters. The van der Waals surface area contributed by atoms with Gasteiger partial charge in [0, 0.05) is 12.1 Å². The summed E-state index contributed by atoms with van der Waals surface area (Å²) in [6.07, 6.45) is -0.618. The van der Waals surface area contributed by atoms with Crippen LogP contribution in [0.15, 0.2) is 53.4 Å². The van der Waals surface area contributed by atoms with Crippen LogP contribution in [0.4, 0.5) is 0 Å². The van der Waals surface area contributed by atoms with Crippen LogP contribution in [-0.2, 0) is 15.6 Å². The maximum absolute atomic E-state index is 12.4. The second-order valence-electron chi connectivity index (χ2n) is 5.83. The van der Waals surface area contributed by atoms with E-state index in [4.69, 9.17) is 5.11 Å². The maximum Gasteiger partial charge on any atom is 0.251 e. The summed E-state index contributed by atoms with van der Waals surface area (Å²) in [6.45, 7) is 3.65. The zero-order chi connectivity index (χ0) is 17.7. The molecule has 0 fully saturated rings. The number of aliphatic hydroxyl groups excluding tert-OH is 1. The molecule has 0 bridgehead atoms. The average Bonchev–Trinajstić information content (AvgIpc) is 2.53. The SMILES string of the molecule is Cc1ccc(S(=O)(=O)Cc2ccc(C(=O)NCC(C)O)cc2)cc1. The molecule has 0 aliphatic carbocycles. The van der Waals surface area contributed by atoms with E-state index in [0.717, 1.165) is 5.56 Å². The van der Waals surface area contributed by atoms with Crippen LogP contribution in [0.1, 0.15) is 28.4 Å². The molecule has 0 heterocycles. The van der Waals surface area contributed by atoms with Gasteiger partial charge in [-0.1, -0.05) is 29.8 Å². The highest BCUT2D eigenvalue weighted by molar-refractivity contribution is 7.90. The molecule has 2 N–H and O–H groups in total. The maximum atomic E-state index is 12.4. The van der Waals surface area contributed by atoms with E-state index in [1.807, 2.05) is 6.92 Å². The summed E-state index contributed by atoms with van der Waals surface area (Å²) >= 11 is 0. The molecule has 1 amide bonds. The fourth-order valence-corrected chi connectivity index (χ4v) is 3.49. The van der Waals surface area contributed by atoms with Gasteiger partial charge in [0.15, 0.2) is 9.84 Å². The van der Waals surface area contributed by atoms with Gasteiger partial charge in [-0.15, -0.1) is 0 Å². The molecule has 0 aliphatic heterocycles. The first-order valence-electron chi connectivity index (χ1n) is 7.62. The van der Waals surface area contributed by atoms with Crippen molar-refractivity contribution < 1.29 is 18.3 Å². The van der Waals surface area contributed by atoms with Gasteiger partial charge in [0.05, 0.1) is 16.8 Å². The third kappa shape index (κ3) is 4.91. The number of sulfone groups is 1. The fraction of sp³-hybridized carbons (Fsp3) is 0.278. The van der Waals surface area contributed by atoms with E-state index in [0.29, 0.717) is 11.1 Å². The second-order valence-corrected chi connectivity index (χ2v) is 7.82. The van der Waals surface area contributed by atoms with Gasteiger partial charge < -0.3 is 10.4 Å². The van der Waals surface area contributed by atoms with Crippen LogP contribution in [0.25, 0.3) is 0 Å². The lowest BCUT2D eigenvalue weighted by atomic mass is 10.1. The molecule has 24 heavy (non-hydrogen) atoms. The van der Waals surface area contributed by atoms with Crippen molar-refractivity contribution >= 4 is 15.7 Å². The van der Waals surface area contributed by atoms with Crippen molar-refractivity contribution in [3.8, 4) is 0 Å². The lowest BCUT2D eigenvalue weighted by Crippen LogP contribution is -2.30. The molecule has 0 aliphatic rings. The van der Waals surface area contributed by atoms with Gasteiger partial charge >= 0.3 is 0 Å². The molecule has 1 atom stereocenters. The Balaban J connectivity index is 2.08. The minimum absolute atomic E-state index is 0.119. The molecular formula is C18H21NO4S. The summed E-state index contributed by atoms with van der Waals surface area (Å²) < 4.78 is 24.8. The predicted molar refractivity (Wildman–Crippen MR) is 92.5 cm³/mol. The molecule has 2 aromatic carbocycles. The molecule has 6 heteroatoms. The van der Waals surface area contributed by atoms with Crippen molar-refractivity contribution in [2.24, 2.45) is 0 Å². The lowest BCUT2D eigenvalue weighted by molar-refractivity contribution is 0.0924. The number of carbonyl (C=O) groups excluding carboxylic acids is 1.